The van der Waals surface area contributed by atoms with Gasteiger partial charge in [-0.1, -0.05) is 32.0 Å². The molecule has 0 aliphatic rings. The molecule has 1 atom stereocenters. The Kier molecular flexibility index (Phi) is 7.26. The van der Waals surface area contributed by atoms with Gasteiger partial charge in [0.15, 0.2) is 0 Å². The minimum atomic E-state index is -0.0712. The highest BCUT2D eigenvalue weighted by Gasteiger charge is 2.15. The maximum Gasteiger partial charge on any atom is 0.224 e. The van der Waals surface area contributed by atoms with Crippen LogP contribution in [0.5, 0.6) is 0 Å². The normalized spacial score (nSPS) is 12.4. The highest BCUT2D eigenvalue weighted by Crippen LogP contribution is 2.21. The third kappa shape index (κ3) is 5.31. The number of nitrogens with one attached hydrogen (secondary N) is 1. The molecule has 4 heteroatoms. The SMILES string of the molecule is CC(C)C(CCN)CCC(=O)Nc1ccccc1CO. The summed E-state index contributed by atoms with van der Waals surface area (Å²) in [5, 5.41) is 12.1. The molecular formula is C16H26N2O2. The Bertz CT molecular complexity index is 419. The van der Waals surface area contributed by atoms with Gasteiger partial charge in [0.2, 0.25) is 5.91 Å². The molecule has 1 amide bonds. The number of anilines is 1. The minimum absolute atomic E-state index is 0.00595. The minimum Gasteiger partial charge on any atom is -0.392 e. The smallest absolute Gasteiger partial charge is 0.224 e. The second-order valence-electron chi connectivity index (χ2n) is 5.48. The van der Waals surface area contributed by atoms with E-state index in [1.165, 1.54) is 0 Å². The highest BCUT2D eigenvalue weighted by molar-refractivity contribution is 5.91. The van der Waals surface area contributed by atoms with Crippen molar-refractivity contribution in [2.75, 3.05) is 11.9 Å². The molecule has 0 aromatic heterocycles. The molecule has 112 valence electrons. The molecule has 4 N–H and O–H groups in total. The number of carbonyl (C=O) groups excluding carboxylic acids is 1. The van der Waals surface area contributed by atoms with E-state index in [9.17, 15) is 9.90 Å². The van der Waals surface area contributed by atoms with Crippen LogP contribution in [0.3, 0.4) is 0 Å². The van der Waals surface area contributed by atoms with Crippen LogP contribution in [0.15, 0.2) is 24.3 Å². The summed E-state index contributed by atoms with van der Waals surface area (Å²) in [7, 11) is 0. The quantitative estimate of drug-likeness (QED) is 0.684. The van der Waals surface area contributed by atoms with Gasteiger partial charge in [0, 0.05) is 17.7 Å². The van der Waals surface area contributed by atoms with E-state index >= 15 is 0 Å². The lowest BCUT2D eigenvalue weighted by molar-refractivity contribution is -0.116. The lowest BCUT2D eigenvalue weighted by Crippen LogP contribution is -2.19. The first-order valence-corrected chi connectivity index (χ1v) is 7.27. The van der Waals surface area contributed by atoms with Crippen molar-refractivity contribution in [1.29, 1.82) is 0 Å². The van der Waals surface area contributed by atoms with Gasteiger partial charge in [-0.2, -0.15) is 0 Å². The molecule has 4 nitrogen and oxygen atoms in total. The number of aliphatic hydroxyl groups is 1. The average Bonchev–Trinajstić information content (AvgIpc) is 2.43. The zero-order chi connectivity index (χ0) is 15.0. The number of hydrogen-bond donors (Lipinski definition) is 3. The summed E-state index contributed by atoms with van der Waals surface area (Å²) in [4.78, 5) is 12.0. The molecule has 1 unspecified atom stereocenters. The summed E-state index contributed by atoms with van der Waals surface area (Å²) in [6.07, 6.45) is 2.29. The molecule has 0 bridgehead atoms. The Hall–Kier alpha value is -1.39. The van der Waals surface area contributed by atoms with E-state index in [4.69, 9.17) is 5.73 Å². The predicted molar refractivity (Wildman–Crippen MR) is 82.2 cm³/mol. The van der Waals surface area contributed by atoms with E-state index in [1.54, 1.807) is 6.07 Å². The number of para-hydroxylation sites is 1. The van der Waals surface area contributed by atoms with Crippen LogP contribution in [-0.2, 0) is 11.4 Å². The fourth-order valence-corrected chi connectivity index (χ4v) is 2.33. The van der Waals surface area contributed by atoms with E-state index in [1.807, 2.05) is 18.2 Å². The van der Waals surface area contributed by atoms with Gasteiger partial charge in [-0.3, -0.25) is 4.79 Å². The van der Waals surface area contributed by atoms with Gasteiger partial charge in [0.05, 0.1) is 6.61 Å². The Morgan fingerprint density at radius 3 is 2.60 bits per heavy atom. The van der Waals surface area contributed by atoms with E-state index in [-0.39, 0.29) is 12.5 Å². The lowest BCUT2D eigenvalue weighted by atomic mass is 9.88. The molecule has 0 fully saturated rings. The Morgan fingerprint density at radius 2 is 2.00 bits per heavy atom. The molecule has 0 spiro atoms. The van der Waals surface area contributed by atoms with Crippen LogP contribution < -0.4 is 11.1 Å². The molecule has 1 rings (SSSR count). The fraction of sp³-hybridized carbons (Fsp3) is 0.562. The summed E-state index contributed by atoms with van der Waals surface area (Å²) in [5.74, 6) is 1.02. The fourth-order valence-electron chi connectivity index (χ4n) is 2.33. The van der Waals surface area contributed by atoms with Gasteiger partial charge < -0.3 is 16.2 Å². The van der Waals surface area contributed by atoms with Gasteiger partial charge in [-0.05, 0) is 37.3 Å². The third-order valence-corrected chi connectivity index (χ3v) is 3.68. The molecule has 1 aromatic rings. The predicted octanol–water partition coefficient (Wildman–Crippen LogP) is 2.52. The number of carbonyl (C=O) groups is 1. The molecule has 0 saturated heterocycles. The van der Waals surface area contributed by atoms with Crippen LogP contribution in [0.1, 0.15) is 38.7 Å². The maximum absolute atomic E-state index is 12.0. The first-order chi connectivity index (χ1) is 9.58. The Balaban J connectivity index is 2.51. The van der Waals surface area contributed by atoms with Crippen molar-refractivity contribution in [2.45, 2.75) is 39.7 Å². The van der Waals surface area contributed by atoms with E-state index < -0.39 is 0 Å². The van der Waals surface area contributed by atoms with Gasteiger partial charge in [-0.15, -0.1) is 0 Å². The monoisotopic (exact) mass is 278 g/mol. The largest absolute Gasteiger partial charge is 0.392 e. The topological polar surface area (TPSA) is 75.4 Å². The van der Waals surface area contributed by atoms with Gasteiger partial charge in [0.1, 0.15) is 0 Å². The van der Waals surface area contributed by atoms with Crippen LogP contribution in [0.2, 0.25) is 0 Å². The van der Waals surface area contributed by atoms with E-state index in [0.29, 0.717) is 30.5 Å². The number of nitrogens with two attached hydrogens (primary N) is 1. The number of amides is 1. The van der Waals surface area contributed by atoms with Crippen LogP contribution in [0.4, 0.5) is 5.69 Å². The van der Waals surface area contributed by atoms with Gasteiger partial charge in [-0.25, -0.2) is 0 Å². The van der Waals surface area contributed by atoms with E-state index in [2.05, 4.69) is 19.2 Å². The first-order valence-electron chi connectivity index (χ1n) is 7.27. The second kappa shape index (κ2) is 8.72. The van der Waals surface area contributed by atoms with Crippen molar-refractivity contribution in [2.24, 2.45) is 17.6 Å². The van der Waals surface area contributed by atoms with Gasteiger partial charge in [0.25, 0.3) is 0 Å². The van der Waals surface area contributed by atoms with Crippen LogP contribution >= 0.6 is 0 Å². The number of aliphatic hydroxyl groups excluding tert-OH is 1. The third-order valence-electron chi connectivity index (χ3n) is 3.68. The van der Waals surface area contributed by atoms with Crippen molar-refractivity contribution >= 4 is 11.6 Å². The summed E-state index contributed by atoms with van der Waals surface area (Å²) in [5.41, 5.74) is 7.04. The molecule has 0 radical (unpaired) electrons. The summed E-state index contributed by atoms with van der Waals surface area (Å²) in [6, 6.07) is 7.31. The summed E-state index contributed by atoms with van der Waals surface area (Å²) < 4.78 is 0. The van der Waals surface area contributed by atoms with Crippen molar-refractivity contribution < 1.29 is 9.90 Å². The molecule has 0 aliphatic carbocycles. The van der Waals surface area contributed by atoms with Crippen molar-refractivity contribution in [3.63, 3.8) is 0 Å². The van der Waals surface area contributed by atoms with Crippen molar-refractivity contribution in [1.82, 2.24) is 0 Å². The lowest BCUT2D eigenvalue weighted by Gasteiger charge is -2.19. The number of rotatable bonds is 8. The van der Waals surface area contributed by atoms with Crippen LogP contribution in [0.25, 0.3) is 0 Å². The zero-order valence-corrected chi connectivity index (χ0v) is 12.4. The highest BCUT2D eigenvalue weighted by atomic mass is 16.3. The molecule has 20 heavy (non-hydrogen) atoms. The Labute approximate surface area is 121 Å². The van der Waals surface area contributed by atoms with Gasteiger partial charge >= 0.3 is 0 Å². The Morgan fingerprint density at radius 1 is 1.30 bits per heavy atom. The van der Waals surface area contributed by atoms with Crippen LogP contribution in [0, 0.1) is 11.8 Å². The summed E-state index contributed by atoms with van der Waals surface area (Å²) in [6.45, 7) is 4.93. The maximum atomic E-state index is 12.0. The molecule has 0 saturated carbocycles. The zero-order valence-electron chi connectivity index (χ0n) is 12.4. The molecule has 1 aromatic carbocycles. The molecular weight excluding hydrogens is 252 g/mol. The standard InChI is InChI=1S/C16H26N2O2/c1-12(2)13(9-10-17)7-8-16(20)18-15-6-4-3-5-14(15)11-19/h3-6,12-13,19H,7-11,17H2,1-2H3,(H,18,20). The molecule has 0 heterocycles. The van der Waals surface area contributed by atoms with Crippen molar-refractivity contribution in [3.8, 4) is 0 Å². The van der Waals surface area contributed by atoms with Crippen LogP contribution in [-0.4, -0.2) is 17.6 Å². The number of benzene rings is 1. The average molecular weight is 278 g/mol. The van der Waals surface area contributed by atoms with E-state index in [0.717, 1.165) is 18.4 Å². The van der Waals surface area contributed by atoms with Crippen molar-refractivity contribution in [3.05, 3.63) is 29.8 Å². The summed E-state index contributed by atoms with van der Waals surface area (Å²) >= 11 is 0. The first kappa shape index (κ1) is 16.7. The number of hydrogen-bond acceptors (Lipinski definition) is 3. The second-order valence-corrected chi connectivity index (χ2v) is 5.48. The molecule has 0 aliphatic heterocycles.